The van der Waals surface area contributed by atoms with Gasteiger partial charge < -0.3 is 14.8 Å². The Bertz CT molecular complexity index is 576. The van der Waals surface area contributed by atoms with Crippen LogP contribution in [-0.4, -0.2) is 14.2 Å². The summed E-state index contributed by atoms with van der Waals surface area (Å²) in [6, 6.07) is 13.7. The number of benzene rings is 2. The molecule has 1 N–H and O–H groups in total. The van der Waals surface area contributed by atoms with E-state index in [4.69, 9.17) is 21.1 Å². The zero-order chi connectivity index (χ0) is 14.4. The second kappa shape index (κ2) is 8.78. The van der Waals surface area contributed by atoms with Crippen molar-refractivity contribution in [2.45, 2.75) is 13.1 Å². The quantitative estimate of drug-likeness (QED) is 0.867. The van der Waals surface area contributed by atoms with E-state index in [9.17, 15) is 0 Å². The molecule has 0 unspecified atom stereocenters. The van der Waals surface area contributed by atoms with E-state index in [1.807, 2.05) is 42.5 Å². The zero-order valence-electron chi connectivity index (χ0n) is 12.1. The molecule has 0 spiro atoms. The third-order valence-corrected chi connectivity index (χ3v) is 3.44. The highest BCUT2D eigenvalue weighted by Gasteiger charge is 2.09. The SMILES string of the molecule is COc1cccc(CNCc2ccccc2Cl)c1OC.Cl. The Hall–Kier alpha value is -1.42. The molecule has 0 aliphatic heterocycles. The largest absolute Gasteiger partial charge is 0.493 e. The Balaban J connectivity index is 0.00000220. The number of nitrogens with one attached hydrogen (secondary N) is 1. The van der Waals surface area contributed by atoms with E-state index in [-0.39, 0.29) is 12.4 Å². The predicted octanol–water partition coefficient (Wildman–Crippen LogP) is 4.07. The van der Waals surface area contributed by atoms with Crippen LogP contribution in [0.5, 0.6) is 11.5 Å². The minimum Gasteiger partial charge on any atom is -0.493 e. The molecule has 5 heteroatoms. The molecule has 0 aliphatic rings. The second-order valence-corrected chi connectivity index (χ2v) is 4.75. The Labute approximate surface area is 136 Å². The van der Waals surface area contributed by atoms with E-state index >= 15 is 0 Å². The van der Waals surface area contributed by atoms with Crippen LogP contribution >= 0.6 is 24.0 Å². The monoisotopic (exact) mass is 327 g/mol. The van der Waals surface area contributed by atoms with Gasteiger partial charge in [-0.1, -0.05) is 41.9 Å². The molecule has 0 atom stereocenters. The summed E-state index contributed by atoms with van der Waals surface area (Å²) in [5, 5.41) is 4.14. The first-order valence-electron chi connectivity index (χ1n) is 6.40. The first-order valence-corrected chi connectivity index (χ1v) is 6.78. The number of ether oxygens (including phenoxy) is 2. The number of methoxy groups -OCH3 is 2. The van der Waals surface area contributed by atoms with Crippen LogP contribution in [-0.2, 0) is 13.1 Å². The number of halogens is 2. The Morgan fingerprint density at radius 3 is 2.24 bits per heavy atom. The molecule has 21 heavy (non-hydrogen) atoms. The number of hydrogen-bond acceptors (Lipinski definition) is 3. The van der Waals surface area contributed by atoms with Crippen LogP contribution in [0.4, 0.5) is 0 Å². The average Bonchev–Trinajstić information content (AvgIpc) is 2.48. The summed E-state index contributed by atoms with van der Waals surface area (Å²) in [6.07, 6.45) is 0. The van der Waals surface area contributed by atoms with Gasteiger partial charge in [0.05, 0.1) is 14.2 Å². The van der Waals surface area contributed by atoms with Gasteiger partial charge in [-0.2, -0.15) is 0 Å². The molecule has 0 saturated heterocycles. The minimum absolute atomic E-state index is 0. The molecule has 0 heterocycles. The molecule has 0 amide bonds. The lowest BCUT2D eigenvalue weighted by Crippen LogP contribution is -2.13. The molecule has 0 aromatic heterocycles. The molecule has 0 saturated carbocycles. The van der Waals surface area contributed by atoms with Gasteiger partial charge in [-0.05, 0) is 17.7 Å². The summed E-state index contributed by atoms with van der Waals surface area (Å²) in [5.41, 5.74) is 2.13. The summed E-state index contributed by atoms with van der Waals surface area (Å²) < 4.78 is 10.7. The fourth-order valence-electron chi connectivity index (χ4n) is 2.07. The van der Waals surface area contributed by atoms with Crippen LogP contribution in [0.1, 0.15) is 11.1 Å². The van der Waals surface area contributed by atoms with Crippen molar-refractivity contribution in [3.8, 4) is 11.5 Å². The molecule has 0 fully saturated rings. The lowest BCUT2D eigenvalue weighted by atomic mass is 10.1. The van der Waals surface area contributed by atoms with Gasteiger partial charge in [0.2, 0.25) is 0 Å². The summed E-state index contributed by atoms with van der Waals surface area (Å²) in [4.78, 5) is 0. The van der Waals surface area contributed by atoms with Crippen molar-refractivity contribution in [3.05, 3.63) is 58.6 Å². The van der Waals surface area contributed by atoms with Crippen molar-refractivity contribution in [1.29, 1.82) is 0 Å². The Morgan fingerprint density at radius 1 is 0.905 bits per heavy atom. The maximum atomic E-state index is 6.13. The van der Waals surface area contributed by atoms with Crippen molar-refractivity contribution in [2.24, 2.45) is 0 Å². The molecule has 2 aromatic carbocycles. The van der Waals surface area contributed by atoms with Gasteiger partial charge in [-0.3, -0.25) is 0 Å². The first kappa shape index (κ1) is 17.6. The predicted molar refractivity (Wildman–Crippen MR) is 88.8 cm³/mol. The van der Waals surface area contributed by atoms with E-state index < -0.39 is 0 Å². The molecule has 2 rings (SSSR count). The lowest BCUT2D eigenvalue weighted by Gasteiger charge is -2.13. The van der Waals surface area contributed by atoms with Gasteiger partial charge in [-0.25, -0.2) is 0 Å². The molecule has 2 aromatic rings. The number of hydrogen-bond donors (Lipinski definition) is 1. The van der Waals surface area contributed by atoms with Crippen LogP contribution in [0.25, 0.3) is 0 Å². The van der Waals surface area contributed by atoms with Gasteiger partial charge >= 0.3 is 0 Å². The topological polar surface area (TPSA) is 30.5 Å². The summed E-state index contributed by atoms with van der Waals surface area (Å²) in [5.74, 6) is 1.51. The number of rotatable bonds is 6. The maximum absolute atomic E-state index is 6.13. The fourth-order valence-corrected chi connectivity index (χ4v) is 2.27. The summed E-state index contributed by atoms with van der Waals surface area (Å²) in [7, 11) is 3.29. The highest BCUT2D eigenvalue weighted by molar-refractivity contribution is 6.31. The first-order chi connectivity index (χ1) is 9.76. The fraction of sp³-hybridized carbons (Fsp3) is 0.250. The molecule has 0 aliphatic carbocycles. The summed E-state index contributed by atoms with van der Waals surface area (Å²) >= 11 is 6.13. The van der Waals surface area contributed by atoms with Crippen molar-refractivity contribution in [1.82, 2.24) is 5.32 Å². The summed E-state index contributed by atoms with van der Waals surface area (Å²) in [6.45, 7) is 1.39. The minimum atomic E-state index is 0. The van der Waals surface area contributed by atoms with Crippen molar-refractivity contribution in [2.75, 3.05) is 14.2 Å². The van der Waals surface area contributed by atoms with Crippen LogP contribution in [0, 0.1) is 0 Å². The van der Waals surface area contributed by atoms with E-state index in [1.165, 1.54) is 0 Å². The molecule has 3 nitrogen and oxygen atoms in total. The normalized spacial score (nSPS) is 9.86. The Kier molecular flexibility index (Phi) is 7.37. The van der Waals surface area contributed by atoms with Crippen LogP contribution < -0.4 is 14.8 Å². The van der Waals surface area contributed by atoms with Crippen LogP contribution in [0.2, 0.25) is 5.02 Å². The third-order valence-electron chi connectivity index (χ3n) is 3.07. The highest BCUT2D eigenvalue weighted by atomic mass is 35.5. The van der Waals surface area contributed by atoms with E-state index in [0.717, 1.165) is 27.6 Å². The molecule has 0 radical (unpaired) electrons. The molecule has 114 valence electrons. The van der Waals surface area contributed by atoms with Crippen LogP contribution in [0.15, 0.2) is 42.5 Å². The molecular weight excluding hydrogens is 309 g/mol. The zero-order valence-corrected chi connectivity index (χ0v) is 13.6. The molecular formula is C16H19Cl2NO2. The van der Waals surface area contributed by atoms with Gasteiger partial charge in [-0.15, -0.1) is 12.4 Å². The van der Waals surface area contributed by atoms with Crippen molar-refractivity contribution >= 4 is 24.0 Å². The highest BCUT2D eigenvalue weighted by Crippen LogP contribution is 2.30. The average molecular weight is 328 g/mol. The lowest BCUT2D eigenvalue weighted by molar-refractivity contribution is 0.350. The van der Waals surface area contributed by atoms with Crippen molar-refractivity contribution in [3.63, 3.8) is 0 Å². The van der Waals surface area contributed by atoms with Gasteiger partial charge in [0.25, 0.3) is 0 Å². The molecule has 0 bridgehead atoms. The van der Waals surface area contributed by atoms with Gasteiger partial charge in [0, 0.05) is 23.7 Å². The van der Waals surface area contributed by atoms with E-state index in [1.54, 1.807) is 14.2 Å². The van der Waals surface area contributed by atoms with E-state index in [0.29, 0.717) is 13.1 Å². The number of para-hydroxylation sites is 1. The van der Waals surface area contributed by atoms with Crippen LogP contribution in [0.3, 0.4) is 0 Å². The standard InChI is InChI=1S/C16H18ClNO2.ClH/c1-19-15-9-5-7-13(16(15)20-2)11-18-10-12-6-3-4-8-14(12)17;/h3-9,18H,10-11H2,1-2H3;1H. The van der Waals surface area contributed by atoms with Gasteiger partial charge in [0.15, 0.2) is 11.5 Å². The van der Waals surface area contributed by atoms with Crippen molar-refractivity contribution < 1.29 is 9.47 Å². The van der Waals surface area contributed by atoms with E-state index in [2.05, 4.69) is 5.32 Å². The Morgan fingerprint density at radius 2 is 1.57 bits per heavy atom. The second-order valence-electron chi connectivity index (χ2n) is 4.35. The maximum Gasteiger partial charge on any atom is 0.165 e. The third kappa shape index (κ3) is 4.53. The smallest absolute Gasteiger partial charge is 0.165 e. The van der Waals surface area contributed by atoms with Gasteiger partial charge in [0.1, 0.15) is 0 Å².